The number of hydrogen-bond donors (Lipinski definition) is 2. The fourth-order valence-corrected chi connectivity index (χ4v) is 3.09. The summed E-state index contributed by atoms with van der Waals surface area (Å²) in [4.78, 5) is 13.0. The highest BCUT2D eigenvalue weighted by Crippen LogP contribution is 2.24. The van der Waals surface area contributed by atoms with Crippen molar-refractivity contribution < 1.29 is 9.13 Å². The van der Waals surface area contributed by atoms with Gasteiger partial charge in [-0.25, -0.2) is 14.4 Å². The van der Waals surface area contributed by atoms with Crippen molar-refractivity contribution in [2.24, 2.45) is 4.99 Å². The van der Waals surface area contributed by atoms with E-state index in [-0.39, 0.29) is 28.7 Å². The molecule has 3 N–H and O–H groups in total. The van der Waals surface area contributed by atoms with Crippen LogP contribution in [0.1, 0.15) is 35.7 Å². The van der Waals surface area contributed by atoms with Crippen LogP contribution in [0.2, 0.25) is 0 Å². The van der Waals surface area contributed by atoms with Gasteiger partial charge in [-0.1, -0.05) is 49.4 Å². The summed E-state index contributed by atoms with van der Waals surface area (Å²) in [6.07, 6.45) is 2.61. The first kappa shape index (κ1) is 23.1. The van der Waals surface area contributed by atoms with E-state index < -0.39 is 5.82 Å². The Morgan fingerprint density at radius 3 is 2.62 bits per heavy atom. The van der Waals surface area contributed by atoms with Crippen LogP contribution < -0.4 is 11.1 Å². The Kier molecular flexibility index (Phi) is 7.68. The second-order valence-electron chi connectivity index (χ2n) is 7.40. The van der Waals surface area contributed by atoms with Crippen LogP contribution in [0.4, 0.5) is 10.2 Å². The topological polar surface area (TPSA) is 85.4 Å². The standard InChI is InChI=1S/C25H28FN5O/c1-5-12-29-14-18-8-11-20(21(26)13-18)17(3)32-25(28-4)23-24(27)30-15-22(31-23)19-9-6-16(2)7-10-19/h6-11,13,15,29H,3,5,12,14H2,1-2,4H3,(H2,27,30). The SMILES string of the molecule is C=C(OC(=NC)c1nc(-c2ccc(C)cc2)cnc1N)c1ccc(CNCCC)cc1F. The fraction of sp³-hybridized carbons (Fsp3) is 0.240. The lowest BCUT2D eigenvalue weighted by atomic mass is 10.1. The van der Waals surface area contributed by atoms with E-state index in [0.717, 1.165) is 29.7 Å². The first-order valence-electron chi connectivity index (χ1n) is 10.5. The van der Waals surface area contributed by atoms with Crippen molar-refractivity contribution in [1.82, 2.24) is 15.3 Å². The number of nitrogen functional groups attached to an aromatic ring is 1. The van der Waals surface area contributed by atoms with Gasteiger partial charge in [0, 0.05) is 19.2 Å². The summed E-state index contributed by atoms with van der Waals surface area (Å²) < 4.78 is 20.5. The molecule has 1 aromatic heterocycles. The summed E-state index contributed by atoms with van der Waals surface area (Å²) >= 11 is 0. The predicted molar refractivity (Wildman–Crippen MR) is 128 cm³/mol. The van der Waals surface area contributed by atoms with Crippen LogP contribution in [0.25, 0.3) is 17.0 Å². The third-order valence-electron chi connectivity index (χ3n) is 4.86. The lowest BCUT2D eigenvalue weighted by molar-refractivity contribution is 0.499. The van der Waals surface area contributed by atoms with Crippen LogP contribution in [0, 0.1) is 12.7 Å². The normalized spacial score (nSPS) is 11.4. The summed E-state index contributed by atoms with van der Waals surface area (Å²) in [5.41, 5.74) is 10.1. The molecule has 0 spiro atoms. The molecule has 2 aromatic carbocycles. The highest BCUT2D eigenvalue weighted by molar-refractivity contribution is 5.99. The van der Waals surface area contributed by atoms with E-state index in [4.69, 9.17) is 10.5 Å². The van der Waals surface area contributed by atoms with Gasteiger partial charge in [-0.05, 0) is 37.6 Å². The van der Waals surface area contributed by atoms with Crippen LogP contribution in [0.15, 0.2) is 60.2 Å². The Morgan fingerprint density at radius 2 is 1.97 bits per heavy atom. The summed E-state index contributed by atoms with van der Waals surface area (Å²) in [5.74, 6) is -0.0408. The molecular weight excluding hydrogens is 405 g/mol. The number of nitrogens with two attached hydrogens (primary N) is 1. The first-order valence-corrected chi connectivity index (χ1v) is 10.5. The van der Waals surface area contributed by atoms with Crippen LogP contribution in [0.5, 0.6) is 0 Å². The van der Waals surface area contributed by atoms with E-state index in [9.17, 15) is 4.39 Å². The molecule has 32 heavy (non-hydrogen) atoms. The van der Waals surface area contributed by atoms with Gasteiger partial charge < -0.3 is 15.8 Å². The first-order chi connectivity index (χ1) is 15.4. The van der Waals surface area contributed by atoms with Gasteiger partial charge in [0.2, 0.25) is 5.90 Å². The molecule has 0 amide bonds. The lowest BCUT2D eigenvalue weighted by Gasteiger charge is -2.14. The van der Waals surface area contributed by atoms with Gasteiger partial charge in [-0.2, -0.15) is 0 Å². The summed E-state index contributed by atoms with van der Waals surface area (Å²) in [7, 11) is 1.54. The van der Waals surface area contributed by atoms with Gasteiger partial charge >= 0.3 is 0 Å². The van der Waals surface area contributed by atoms with Gasteiger partial charge in [-0.3, -0.25) is 4.99 Å². The van der Waals surface area contributed by atoms with Crippen molar-refractivity contribution >= 4 is 17.5 Å². The van der Waals surface area contributed by atoms with Gasteiger partial charge in [-0.15, -0.1) is 0 Å². The van der Waals surface area contributed by atoms with Crippen molar-refractivity contribution in [3.05, 3.63) is 83.4 Å². The van der Waals surface area contributed by atoms with Crippen LogP contribution in [0.3, 0.4) is 0 Å². The Labute approximate surface area is 188 Å². The average molecular weight is 434 g/mol. The lowest BCUT2D eigenvalue weighted by Crippen LogP contribution is -2.15. The van der Waals surface area contributed by atoms with Gasteiger partial charge in [0.1, 0.15) is 11.6 Å². The second-order valence-corrected chi connectivity index (χ2v) is 7.40. The zero-order valence-corrected chi connectivity index (χ0v) is 18.7. The maximum atomic E-state index is 14.7. The summed E-state index contributed by atoms with van der Waals surface area (Å²) in [6.45, 7) is 9.44. The van der Waals surface area contributed by atoms with E-state index in [1.165, 1.54) is 6.07 Å². The molecule has 6 nitrogen and oxygen atoms in total. The maximum Gasteiger partial charge on any atom is 0.244 e. The number of halogens is 1. The van der Waals surface area contributed by atoms with E-state index in [2.05, 4.69) is 33.8 Å². The number of rotatable bonds is 8. The Hall–Kier alpha value is -3.58. The number of nitrogens with one attached hydrogen (secondary N) is 1. The average Bonchev–Trinajstić information content (AvgIpc) is 2.79. The molecule has 0 aliphatic carbocycles. The molecular formula is C25H28FN5O. The van der Waals surface area contributed by atoms with Crippen LogP contribution in [-0.2, 0) is 11.3 Å². The quantitative estimate of drug-likeness (QED) is 0.232. The van der Waals surface area contributed by atoms with Crippen molar-refractivity contribution in [2.45, 2.75) is 26.8 Å². The molecule has 0 radical (unpaired) electrons. The van der Waals surface area contributed by atoms with Crippen molar-refractivity contribution in [3.8, 4) is 11.3 Å². The number of ether oxygens (including phenoxy) is 1. The molecule has 0 bridgehead atoms. The molecule has 0 aliphatic rings. The fourth-order valence-electron chi connectivity index (χ4n) is 3.09. The highest BCUT2D eigenvalue weighted by atomic mass is 19.1. The highest BCUT2D eigenvalue weighted by Gasteiger charge is 2.18. The molecule has 0 unspecified atom stereocenters. The predicted octanol–water partition coefficient (Wildman–Crippen LogP) is 4.74. The number of nitrogens with zero attached hydrogens (tertiary/aromatic N) is 3. The van der Waals surface area contributed by atoms with Gasteiger partial charge in [0.15, 0.2) is 11.5 Å². The largest absolute Gasteiger partial charge is 0.437 e. The minimum atomic E-state index is -0.422. The van der Waals surface area contributed by atoms with Crippen LogP contribution >= 0.6 is 0 Å². The van der Waals surface area contributed by atoms with E-state index in [1.807, 2.05) is 37.3 Å². The minimum absolute atomic E-state index is 0.109. The molecule has 7 heteroatoms. The smallest absolute Gasteiger partial charge is 0.244 e. The monoisotopic (exact) mass is 433 g/mol. The molecule has 0 saturated heterocycles. The van der Waals surface area contributed by atoms with E-state index in [0.29, 0.717) is 12.2 Å². The zero-order valence-electron chi connectivity index (χ0n) is 18.7. The number of aryl methyl sites for hydroxylation is 1. The zero-order chi connectivity index (χ0) is 23.1. The van der Waals surface area contributed by atoms with Crippen molar-refractivity contribution in [2.75, 3.05) is 19.3 Å². The second kappa shape index (κ2) is 10.6. The van der Waals surface area contributed by atoms with Crippen molar-refractivity contribution in [1.29, 1.82) is 0 Å². The summed E-state index contributed by atoms with van der Waals surface area (Å²) in [6, 6.07) is 12.8. The number of anilines is 1. The number of benzene rings is 2. The number of aromatic nitrogens is 2. The molecule has 0 aliphatic heterocycles. The Balaban J connectivity index is 1.81. The van der Waals surface area contributed by atoms with Crippen LogP contribution in [-0.4, -0.2) is 29.5 Å². The molecule has 1 heterocycles. The molecule has 3 aromatic rings. The van der Waals surface area contributed by atoms with Gasteiger partial charge in [0.05, 0.1) is 17.5 Å². The molecule has 0 atom stereocenters. The minimum Gasteiger partial charge on any atom is -0.437 e. The number of aliphatic imine (C=N–C) groups is 1. The Morgan fingerprint density at radius 1 is 1.22 bits per heavy atom. The maximum absolute atomic E-state index is 14.7. The molecule has 166 valence electrons. The molecule has 0 saturated carbocycles. The van der Waals surface area contributed by atoms with Gasteiger partial charge in [0.25, 0.3) is 0 Å². The number of hydrogen-bond acceptors (Lipinski definition) is 6. The van der Waals surface area contributed by atoms with E-state index >= 15 is 0 Å². The molecule has 3 rings (SSSR count). The molecule has 0 fully saturated rings. The Bertz CT molecular complexity index is 1130. The third-order valence-corrected chi connectivity index (χ3v) is 4.86. The van der Waals surface area contributed by atoms with E-state index in [1.54, 1.807) is 19.3 Å². The third kappa shape index (κ3) is 5.56. The van der Waals surface area contributed by atoms with Crippen molar-refractivity contribution in [3.63, 3.8) is 0 Å². The summed E-state index contributed by atoms with van der Waals surface area (Å²) in [5, 5.41) is 3.25.